The van der Waals surface area contributed by atoms with Crippen molar-refractivity contribution in [2.75, 3.05) is 17.6 Å². The maximum atomic E-state index is 13.4. The summed E-state index contributed by atoms with van der Waals surface area (Å²) in [7, 11) is 0. The van der Waals surface area contributed by atoms with Crippen molar-refractivity contribution in [3.8, 4) is 5.75 Å². The number of urea groups is 1. The molecule has 2 amide bonds. The Morgan fingerprint density at radius 3 is 2.62 bits per heavy atom. The van der Waals surface area contributed by atoms with Gasteiger partial charge in [0.15, 0.2) is 0 Å². The van der Waals surface area contributed by atoms with Crippen molar-refractivity contribution in [3.63, 3.8) is 0 Å². The van der Waals surface area contributed by atoms with Crippen LogP contribution in [-0.4, -0.2) is 23.2 Å². The maximum Gasteiger partial charge on any atom is 0.323 e. The molecule has 0 saturated carbocycles. The third-order valence-electron chi connectivity index (χ3n) is 4.64. The molecule has 4 rings (SSSR count). The second-order valence-electron chi connectivity index (χ2n) is 6.70. The lowest BCUT2D eigenvalue weighted by Crippen LogP contribution is -2.34. The fraction of sp³-hybridized carbons (Fsp3) is 0.174. The molecule has 3 aromatic rings. The molecular formula is C23H21FN2O2S. The Balaban J connectivity index is 1.39. The van der Waals surface area contributed by atoms with Gasteiger partial charge in [-0.2, -0.15) is 0 Å². The van der Waals surface area contributed by atoms with Gasteiger partial charge in [0.2, 0.25) is 0 Å². The zero-order valence-corrected chi connectivity index (χ0v) is 16.6. The smallest absolute Gasteiger partial charge is 0.323 e. The molecule has 0 unspecified atom stereocenters. The summed E-state index contributed by atoms with van der Waals surface area (Å²) < 4.78 is 19.2. The Labute approximate surface area is 173 Å². The number of amides is 2. The van der Waals surface area contributed by atoms with Crippen LogP contribution in [0.1, 0.15) is 16.5 Å². The molecule has 1 aliphatic heterocycles. The highest BCUT2D eigenvalue weighted by molar-refractivity contribution is 7.99. The lowest BCUT2D eigenvalue weighted by Gasteiger charge is -2.24. The van der Waals surface area contributed by atoms with Crippen LogP contribution in [0.25, 0.3) is 0 Å². The number of ether oxygens (including phenoxy) is 1. The summed E-state index contributed by atoms with van der Waals surface area (Å²) in [5.41, 5.74) is 2.60. The molecule has 1 N–H and O–H groups in total. The fourth-order valence-corrected chi connectivity index (χ4v) is 4.44. The van der Waals surface area contributed by atoms with Crippen LogP contribution >= 0.6 is 11.8 Å². The molecule has 0 aliphatic carbocycles. The average Bonchev–Trinajstić information content (AvgIpc) is 3.23. The van der Waals surface area contributed by atoms with E-state index in [9.17, 15) is 9.18 Å². The van der Waals surface area contributed by atoms with Crippen LogP contribution in [0.2, 0.25) is 0 Å². The van der Waals surface area contributed by atoms with E-state index in [2.05, 4.69) is 5.32 Å². The third kappa shape index (κ3) is 4.90. The van der Waals surface area contributed by atoms with E-state index in [1.807, 2.05) is 54.6 Å². The van der Waals surface area contributed by atoms with Crippen molar-refractivity contribution in [2.24, 2.45) is 0 Å². The van der Waals surface area contributed by atoms with Crippen molar-refractivity contribution < 1.29 is 13.9 Å². The number of thioether (sulfide) groups is 1. The van der Waals surface area contributed by atoms with E-state index in [4.69, 9.17) is 4.74 Å². The first-order chi connectivity index (χ1) is 14.2. The van der Waals surface area contributed by atoms with Gasteiger partial charge < -0.3 is 15.0 Å². The largest absolute Gasteiger partial charge is 0.489 e. The SMILES string of the molecule is O=C(Nc1cccc(F)c1)N1CCS[C@H]1c1ccc(OCc2ccccc2)cc1. The number of rotatable bonds is 5. The van der Waals surface area contributed by atoms with Gasteiger partial charge in [0.05, 0.1) is 0 Å². The van der Waals surface area contributed by atoms with Crippen LogP contribution in [0.5, 0.6) is 5.75 Å². The minimum absolute atomic E-state index is 0.0771. The number of hydrogen-bond donors (Lipinski definition) is 1. The highest BCUT2D eigenvalue weighted by Gasteiger charge is 2.30. The molecule has 0 spiro atoms. The van der Waals surface area contributed by atoms with Gasteiger partial charge in [0.1, 0.15) is 23.5 Å². The van der Waals surface area contributed by atoms with Crippen LogP contribution in [0, 0.1) is 5.82 Å². The van der Waals surface area contributed by atoms with Gasteiger partial charge >= 0.3 is 6.03 Å². The van der Waals surface area contributed by atoms with Gasteiger partial charge in [-0.3, -0.25) is 0 Å². The minimum atomic E-state index is -0.374. The molecule has 1 heterocycles. The molecule has 3 aromatic carbocycles. The van der Waals surface area contributed by atoms with E-state index < -0.39 is 0 Å². The first-order valence-electron chi connectivity index (χ1n) is 9.40. The standard InChI is InChI=1S/C23H21FN2O2S/c24-19-7-4-8-20(15-19)25-23(27)26-13-14-29-22(26)18-9-11-21(12-10-18)28-16-17-5-2-1-3-6-17/h1-12,15,22H,13-14,16H2,(H,25,27)/t22-/m0/s1. The highest BCUT2D eigenvalue weighted by Crippen LogP contribution is 2.38. The van der Waals surface area contributed by atoms with Gasteiger partial charge in [0.25, 0.3) is 0 Å². The Hall–Kier alpha value is -2.99. The number of nitrogens with one attached hydrogen (secondary N) is 1. The minimum Gasteiger partial charge on any atom is -0.489 e. The molecule has 1 atom stereocenters. The molecule has 0 radical (unpaired) electrons. The molecule has 1 aliphatic rings. The molecule has 1 fully saturated rings. The molecule has 4 nitrogen and oxygen atoms in total. The molecule has 29 heavy (non-hydrogen) atoms. The van der Waals surface area contributed by atoms with Crippen LogP contribution in [0.15, 0.2) is 78.9 Å². The van der Waals surface area contributed by atoms with E-state index in [1.165, 1.54) is 12.1 Å². The number of anilines is 1. The van der Waals surface area contributed by atoms with E-state index in [-0.39, 0.29) is 17.2 Å². The first kappa shape index (κ1) is 19.3. The summed E-state index contributed by atoms with van der Waals surface area (Å²) >= 11 is 1.71. The number of nitrogens with zero attached hydrogens (tertiary/aromatic N) is 1. The topological polar surface area (TPSA) is 41.6 Å². The molecule has 6 heteroatoms. The zero-order valence-electron chi connectivity index (χ0n) is 15.8. The third-order valence-corrected chi connectivity index (χ3v) is 5.90. The second-order valence-corrected chi connectivity index (χ2v) is 7.89. The van der Waals surface area contributed by atoms with E-state index in [0.717, 1.165) is 22.6 Å². The van der Waals surface area contributed by atoms with Crippen molar-refractivity contribution in [1.29, 1.82) is 0 Å². The summed E-state index contributed by atoms with van der Waals surface area (Å²) in [4.78, 5) is 14.5. The normalized spacial score (nSPS) is 15.9. The number of benzene rings is 3. The number of carbonyl (C=O) groups is 1. The van der Waals surface area contributed by atoms with Gasteiger partial charge in [-0.25, -0.2) is 9.18 Å². The van der Waals surface area contributed by atoms with Gasteiger partial charge in [0, 0.05) is 18.0 Å². The molecular weight excluding hydrogens is 387 g/mol. The summed E-state index contributed by atoms with van der Waals surface area (Å²) in [6, 6.07) is 23.6. The summed E-state index contributed by atoms with van der Waals surface area (Å²) in [6.07, 6.45) is 0. The molecule has 0 aromatic heterocycles. The maximum absolute atomic E-state index is 13.4. The lowest BCUT2D eigenvalue weighted by molar-refractivity contribution is 0.214. The summed E-state index contributed by atoms with van der Waals surface area (Å²) in [5, 5.41) is 2.71. The monoisotopic (exact) mass is 408 g/mol. The molecule has 148 valence electrons. The van der Waals surface area contributed by atoms with Crippen LogP contribution < -0.4 is 10.1 Å². The number of carbonyl (C=O) groups excluding carboxylic acids is 1. The Kier molecular flexibility index (Phi) is 6.00. The Bertz CT molecular complexity index is 966. The number of hydrogen-bond acceptors (Lipinski definition) is 3. The lowest BCUT2D eigenvalue weighted by atomic mass is 10.2. The van der Waals surface area contributed by atoms with Crippen molar-refractivity contribution in [2.45, 2.75) is 12.0 Å². The van der Waals surface area contributed by atoms with Crippen molar-refractivity contribution in [3.05, 3.63) is 95.8 Å². The molecule has 0 bridgehead atoms. The predicted molar refractivity (Wildman–Crippen MR) is 115 cm³/mol. The predicted octanol–water partition coefficient (Wildman–Crippen LogP) is 5.68. The van der Waals surface area contributed by atoms with Crippen LogP contribution in [0.4, 0.5) is 14.9 Å². The summed E-state index contributed by atoms with van der Waals surface area (Å²) in [6.45, 7) is 1.16. The van der Waals surface area contributed by atoms with Gasteiger partial charge in [-0.15, -0.1) is 11.8 Å². The van der Waals surface area contributed by atoms with Crippen molar-refractivity contribution >= 4 is 23.5 Å². The van der Waals surface area contributed by atoms with Gasteiger partial charge in [-0.05, 0) is 41.5 Å². The quantitative estimate of drug-likeness (QED) is 0.590. The van der Waals surface area contributed by atoms with E-state index in [0.29, 0.717) is 18.8 Å². The average molecular weight is 408 g/mol. The first-order valence-corrected chi connectivity index (χ1v) is 10.5. The molecule has 1 saturated heterocycles. The summed E-state index contributed by atoms with van der Waals surface area (Å²) in [5.74, 6) is 1.27. The van der Waals surface area contributed by atoms with E-state index >= 15 is 0 Å². The highest BCUT2D eigenvalue weighted by atomic mass is 32.2. The van der Waals surface area contributed by atoms with Crippen molar-refractivity contribution in [1.82, 2.24) is 4.90 Å². The number of halogens is 1. The fourth-order valence-electron chi connectivity index (χ4n) is 3.19. The van der Waals surface area contributed by atoms with E-state index in [1.54, 1.807) is 28.8 Å². The second kappa shape index (κ2) is 9.01. The van der Waals surface area contributed by atoms with Gasteiger partial charge in [-0.1, -0.05) is 48.5 Å². The Morgan fingerprint density at radius 2 is 1.86 bits per heavy atom. The Morgan fingerprint density at radius 1 is 1.07 bits per heavy atom. The van der Waals surface area contributed by atoms with Crippen LogP contribution in [0.3, 0.4) is 0 Å². The van der Waals surface area contributed by atoms with Crippen LogP contribution in [-0.2, 0) is 6.61 Å². The zero-order chi connectivity index (χ0) is 20.1.